The van der Waals surface area contributed by atoms with Crippen LogP contribution in [0.15, 0.2) is 66.9 Å². The summed E-state index contributed by atoms with van der Waals surface area (Å²) in [4.78, 5) is 71.1. The van der Waals surface area contributed by atoms with Gasteiger partial charge in [0.05, 0.1) is 44.7 Å². The number of aryl methyl sites for hydroxylation is 1. The molecule has 6 amide bonds. The minimum atomic E-state index is -0.587. The number of nitrogens with one attached hydrogen (secondary N) is 8. The summed E-state index contributed by atoms with van der Waals surface area (Å²) in [5.74, 6) is 0.207. The molecule has 5 rings (SSSR count). The zero-order chi connectivity index (χ0) is 51.2. The Balaban J connectivity index is 0.755. The number of anilines is 5. The van der Waals surface area contributed by atoms with Crippen molar-refractivity contribution in [1.29, 1.82) is 0 Å². The maximum Gasteiger partial charge on any atom is 0.315 e. The smallest absolute Gasteiger partial charge is 0.315 e. The Bertz CT molecular complexity index is 2190. The first-order valence-electron chi connectivity index (χ1n) is 25.1. The molecule has 0 unspecified atom stereocenters. The number of carbonyl (C=O) groups is 5. The van der Waals surface area contributed by atoms with E-state index >= 15 is 0 Å². The fourth-order valence-corrected chi connectivity index (χ4v) is 9.37. The lowest BCUT2D eigenvalue weighted by atomic mass is 10.0. The van der Waals surface area contributed by atoms with Crippen molar-refractivity contribution in [2.75, 3.05) is 101 Å². The third kappa shape index (κ3) is 23.1. The number of unbranched alkanes of at least 4 members (excludes halogenated alkanes) is 2. The summed E-state index contributed by atoms with van der Waals surface area (Å²) < 4.78 is 31.1. The van der Waals surface area contributed by atoms with Gasteiger partial charge in [0.2, 0.25) is 29.6 Å². The highest BCUT2D eigenvalue weighted by atomic mass is 32.2. The third-order valence-corrected chi connectivity index (χ3v) is 13.1. The summed E-state index contributed by atoms with van der Waals surface area (Å²) in [5.41, 5.74) is 2.91. The molecule has 0 bridgehead atoms. The van der Waals surface area contributed by atoms with Crippen LogP contribution >= 0.6 is 11.8 Å². The summed E-state index contributed by atoms with van der Waals surface area (Å²) in [7, 11) is 1.96. The number of hydrogen-bond donors (Lipinski definition) is 8. The number of likely N-dealkylation sites (N-methyl/N-ethyl adjacent to an activating group) is 1. The number of amides is 6. The van der Waals surface area contributed by atoms with Crippen molar-refractivity contribution < 1.29 is 42.6 Å². The predicted octanol–water partition coefficient (Wildman–Crippen LogP) is 5.69. The van der Waals surface area contributed by atoms with E-state index in [0.29, 0.717) is 107 Å². The first kappa shape index (κ1) is 57.0. The maximum absolute atomic E-state index is 14.5. The van der Waals surface area contributed by atoms with Gasteiger partial charge in [-0.15, -0.1) is 0 Å². The minimum Gasteiger partial charge on any atom is -0.379 e. The number of carbonyl (C=O) groups excluding carboxylic acids is 5. The van der Waals surface area contributed by atoms with Gasteiger partial charge in [-0.05, 0) is 101 Å². The Morgan fingerprint density at radius 3 is 2.08 bits per heavy atom. The Morgan fingerprint density at radius 1 is 0.764 bits per heavy atom. The number of hydrogen-bond acceptors (Lipinski definition) is 14. The van der Waals surface area contributed by atoms with Gasteiger partial charge >= 0.3 is 6.03 Å². The molecule has 3 aromatic rings. The lowest BCUT2D eigenvalue weighted by Gasteiger charge is -2.16. The van der Waals surface area contributed by atoms with E-state index in [-0.39, 0.29) is 66.4 Å². The molecule has 8 N–H and O–H groups in total. The Morgan fingerprint density at radius 2 is 1.39 bits per heavy atom. The molecule has 3 heterocycles. The van der Waals surface area contributed by atoms with Crippen LogP contribution < -0.4 is 42.5 Å². The molecule has 2 aromatic carbocycles. The fraction of sp³-hybridized carbons (Fsp3) is 0.549. The number of thioether (sulfide) groups is 1. The van der Waals surface area contributed by atoms with E-state index in [1.54, 1.807) is 30.3 Å². The molecule has 0 spiro atoms. The molecule has 2 aliphatic rings. The summed E-state index contributed by atoms with van der Waals surface area (Å²) in [6.07, 6.45) is 11.8. The van der Waals surface area contributed by atoms with E-state index in [4.69, 9.17) is 14.2 Å². The molecular weight excluding hydrogens is 946 g/mol. The average Bonchev–Trinajstić information content (AvgIpc) is 3.91. The molecule has 1 aromatic heterocycles. The van der Waals surface area contributed by atoms with Crippen molar-refractivity contribution in [1.82, 2.24) is 41.5 Å². The number of rotatable bonds is 36. The van der Waals surface area contributed by atoms with Crippen LogP contribution in [0.2, 0.25) is 0 Å². The number of aromatic nitrogens is 2. The molecule has 0 aliphatic carbocycles. The summed E-state index contributed by atoms with van der Waals surface area (Å²) in [5, 5.41) is 24.0. The molecule has 21 heteroatoms. The summed E-state index contributed by atoms with van der Waals surface area (Å²) in [6.45, 7) is 7.80. The highest BCUT2D eigenvalue weighted by Gasteiger charge is 2.42. The average molecular weight is 1020 g/mol. The van der Waals surface area contributed by atoms with Crippen molar-refractivity contribution in [2.45, 2.75) is 94.9 Å². The molecular formula is C51H74FN11O8S. The van der Waals surface area contributed by atoms with Crippen LogP contribution in [0, 0.1) is 12.7 Å². The standard InChI is InChI=1S/C51H74FN11O8S/c1-37-13-7-14-38(33-37)58-49-41(52)35-56-50(62-49)59-40-16-8-15-39(34-40)57-47(67)21-10-26-63(2)25-6-5-22-53-45(65)19-9-20-46(66)55-24-12-28-70-30-32-71-31-29-69-27-11-23-54-44(64)18-4-3-17-43-48-42(36-72-43)60-51(68)61-48/h7-8,10,13-16,21,33-35,42-43,48H,3-6,9,11-12,17-20,22-32,36H2,1-2H3,(H,53,65)(H,54,64)(H,55,66)(H,57,67)(H2,60,61,68)(H2,56,58,59,62)/t42-,43-,48-/m0/s1. The number of benzene rings is 2. The first-order chi connectivity index (χ1) is 35.0. The highest BCUT2D eigenvalue weighted by molar-refractivity contribution is 8.00. The predicted molar refractivity (Wildman–Crippen MR) is 279 cm³/mol. The van der Waals surface area contributed by atoms with Crippen LogP contribution in [0.25, 0.3) is 0 Å². The SMILES string of the molecule is Cc1cccc(Nc2nc(Nc3cccc(NC(=O)C=CCN(C)CCCCNC(=O)CCCC(=O)NCCCOCCOCCOCCCNC(=O)CCCC[C@@H]4SC[C@@H]5NC(=O)N[C@@H]54)c3)ncc2F)c1. The largest absolute Gasteiger partial charge is 0.379 e. The normalized spacial score (nSPS) is 16.0. The van der Waals surface area contributed by atoms with Crippen LogP contribution in [0.4, 0.5) is 38.0 Å². The molecule has 2 saturated heterocycles. The van der Waals surface area contributed by atoms with Crippen LogP contribution in [0.5, 0.6) is 0 Å². The van der Waals surface area contributed by atoms with Crippen molar-refractivity contribution >= 4 is 70.3 Å². The van der Waals surface area contributed by atoms with Crippen molar-refractivity contribution in [3.8, 4) is 0 Å². The second-order valence-corrected chi connectivity index (χ2v) is 19.0. The van der Waals surface area contributed by atoms with Gasteiger partial charge in [0.15, 0.2) is 11.6 Å². The number of urea groups is 1. The van der Waals surface area contributed by atoms with Gasteiger partial charge in [-0.1, -0.05) is 30.7 Å². The molecule has 0 radical (unpaired) electrons. The number of nitrogens with zero attached hydrogens (tertiary/aromatic N) is 3. The van der Waals surface area contributed by atoms with Gasteiger partial charge in [-0.25, -0.2) is 14.2 Å². The van der Waals surface area contributed by atoms with Gasteiger partial charge in [0.25, 0.3) is 0 Å². The lowest BCUT2D eigenvalue weighted by Crippen LogP contribution is -2.36. The van der Waals surface area contributed by atoms with Gasteiger partial charge < -0.3 is 61.6 Å². The van der Waals surface area contributed by atoms with Gasteiger partial charge in [-0.3, -0.25) is 19.2 Å². The summed E-state index contributed by atoms with van der Waals surface area (Å²) >= 11 is 1.90. The first-order valence-corrected chi connectivity index (χ1v) is 26.2. The van der Waals surface area contributed by atoms with Gasteiger partial charge in [-0.2, -0.15) is 16.7 Å². The Kier molecular flexibility index (Phi) is 26.1. The van der Waals surface area contributed by atoms with Crippen LogP contribution in [-0.4, -0.2) is 147 Å². The molecule has 72 heavy (non-hydrogen) atoms. The van der Waals surface area contributed by atoms with Crippen LogP contribution in [-0.2, 0) is 33.4 Å². The van der Waals surface area contributed by atoms with Gasteiger partial charge in [0, 0.05) is 92.8 Å². The van der Waals surface area contributed by atoms with E-state index in [0.717, 1.165) is 62.6 Å². The lowest BCUT2D eigenvalue weighted by molar-refractivity contribution is -0.123. The second-order valence-electron chi connectivity index (χ2n) is 17.8. The third-order valence-electron chi connectivity index (χ3n) is 11.6. The van der Waals surface area contributed by atoms with Crippen molar-refractivity contribution in [3.63, 3.8) is 0 Å². The second kappa shape index (κ2) is 33.0. The molecule has 0 saturated carbocycles. The maximum atomic E-state index is 14.5. The highest BCUT2D eigenvalue weighted by Crippen LogP contribution is 2.33. The Labute approximate surface area is 427 Å². The zero-order valence-corrected chi connectivity index (χ0v) is 42.6. The van der Waals surface area contributed by atoms with E-state index in [1.807, 2.05) is 50.0 Å². The molecule has 394 valence electrons. The number of ether oxygens (including phenoxy) is 3. The molecule has 2 aliphatic heterocycles. The summed E-state index contributed by atoms with van der Waals surface area (Å²) in [6, 6.07) is 15.0. The van der Waals surface area contributed by atoms with Crippen molar-refractivity contribution in [3.05, 3.63) is 78.3 Å². The molecule has 2 fully saturated rings. The van der Waals surface area contributed by atoms with Gasteiger partial charge in [0.1, 0.15) is 0 Å². The monoisotopic (exact) mass is 1020 g/mol. The topological polar surface area (TPSA) is 238 Å². The van der Waals surface area contributed by atoms with E-state index in [9.17, 15) is 28.4 Å². The van der Waals surface area contributed by atoms with E-state index in [2.05, 4.69) is 57.4 Å². The zero-order valence-electron chi connectivity index (χ0n) is 41.7. The van der Waals surface area contributed by atoms with Crippen molar-refractivity contribution in [2.24, 2.45) is 0 Å². The molecule has 19 nitrogen and oxygen atoms in total. The quantitative estimate of drug-likeness (QED) is 0.0199. The number of fused-ring (bicyclic) bond motifs is 1. The fourth-order valence-electron chi connectivity index (χ4n) is 7.82. The minimum absolute atomic E-state index is 0.0371. The van der Waals surface area contributed by atoms with Crippen LogP contribution in [0.1, 0.15) is 76.2 Å². The number of halogens is 1. The Hall–Kier alpha value is -5.87. The molecule has 3 atom stereocenters. The van der Waals surface area contributed by atoms with Crippen LogP contribution in [0.3, 0.4) is 0 Å². The van der Waals surface area contributed by atoms with E-state index < -0.39 is 5.82 Å². The van der Waals surface area contributed by atoms with E-state index in [1.165, 1.54) is 6.08 Å².